The van der Waals surface area contributed by atoms with Gasteiger partial charge in [-0.25, -0.2) is 9.97 Å². The predicted octanol–water partition coefficient (Wildman–Crippen LogP) is 5.17. The lowest BCUT2D eigenvalue weighted by molar-refractivity contribution is 0.0610. The van der Waals surface area contributed by atoms with E-state index in [9.17, 15) is 5.26 Å². The van der Waals surface area contributed by atoms with Crippen molar-refractivity contribution in [3.63, 3.8) is 0 Å². The van der Waals surface area contributed by atoms with Gasteiger partial charge in [-0.3, -0.25) is 9.80 Å². The summed E-state index contributed by atoms with van der Waals surface area (Å²) in [6, 6.07) is 8.76. The third kappa shape index (κ3) is 6.99. The van der Waals surface area contributed by atoms with Gasteiger partial charge in [-0.1, -0.05) is 42.8 Å². The zero-order chi connectivity index (χ0) is 28.8. The number of benzene rings is 1. The van der Waals surface area contributed by atoms with Crippen molar-refractivity contribution in [3.05, 3.63) is 57.9 Å². The number of aromatic nitrogens is 2. The first-order valence-corrected chi connectivity index (χ1v) is 14.5. The summed E-state index contributed by atoms with van der Waals surface area (Å²) in [5.41, 5.74) is 9.62. The Hall–Kier alpha value is -3.03. The number of nitriles is 1. The number of rotatable bonds is 8. The summed E-state index contributed by atoms with van der Waals surface area (Å²) in [7, 11) is 0. The highest BCUT2D eigenvalue weighted by molar-refractivity contribution is 6.32. The van der Waals surface area contributed by atoms with E-state index in [-0.39, 0.29) is 5.82 Å². The van der Waals surface area contributed by atoms with Crippen LogP contribution < -0.4 is 10.6 Å². The molecule has 0 radical (unpaired) electrons. The van der Waals surface area contributed by atoms with Crippen LogP contribution in [0, 0.1) is 11.3 Å². The van der Waals surface area contributed by atoms with Gasteiger partial charge in [-0.15, -0.1) is 5.10 Å². The van der Waals surface area contributed by atoms with E-state index in [2.05, 4.69) is 54.4 Å². The van der Waals surface area contributed by atoms with E-state index in [1.807, 2.05) is 26.0 Å². The molecule has 1 unspecified atom stereocenters. The van der Waals surface area contributed by atoms with Gasteiger partial charge in [0.2, 0.25) is 0 Å². The Morgan fingerprint density at radius 1 is 1.18 bits per heavy atom. The SMILES string of the molecule is C=C/C(=N\N=C(C)C)c1nc(Cl)c(N2CCN(C3CCN(Cc4ccc(Cl)cc4C#N)CC3)C(CC)C2)nc1N. The number of allylic oxidation sites excluding steroid dienone is 1. The van der Waals surface area contributed by atoms with E-state index in [0.717, 1.165) is 69.8 Å². The molecule has 4 rings (SSSR count). The normalized spacial score (nSPS) is 19.4. The second-order valence-electron chi connectivity index (χ2n) is 10.5. The summed E-state index contributed by atoms with van der Waals surface area (Å²) in [4.78, 5) is 16.5. The van der Waals surface area contributed by atoms with E-state index < -0.39 is 0 Å². The van der Waals surface area contributed by atoms with Crippen LogP contribution in [0.25, 0.3) is 0 Å². The van der Waals surface area contributed by atoms with E-state index in [0.29, 0.717) is 45.0 Å². The molecule has 2 aliphatic rings. The second-order valence-corrected chi connectivity index (χ2v) is 11.3. The number of halogens is 2. The largest absolute Gasteiger partial charge is 0.382 e. The molecule has 1 aromatic heterocycles. The van der Waals surface area contributed by atoms with Gasteiger partial charge in [0.05, 0.1) is 11.6 Å². The Labute approximate surface area is 247 Å². The summed E-state index contributed by atoms with van der Waals surface area (Å²) >= 11 is 12.7. The van der Waals surface area contributed by atoms with E-state index >= 15 is 0 Å². The molecule has 0 aliphatic carbocycles. The molecule has 2 saturated heterocycles. The fraction of sp³-hybridized carbons (Fsp3) is 0.483. The molecule has 0 saturated carbocycles. The smallest absolute Gasteiger partial charge is 0.172 e. The first-order chi connectivity index (χ1) is 19.2. The summed E-state index contributed by atoms with van der Waals surface area (Å²) in [6.45, 7) is 15.0. The van der Waals surface area contributed by atoms with Crippen LogP contribution in [0.4, 0.5) is 11.6 Å². The minimum absolute atomic E-state index is 0.255. The Morgan fingerprint density at radius 3 is 2.58 bits per heavy atom. The molecule has 9 nitrogen and oxygen atoms in total. The third-order valence-corrected chi connectivity index (χ3v) is 8.06. The standard InChI is InChI=1S/C29H37Cl2N9/c1-5-23-18-39(29-27(31)34-26(28(33)35-29)25(6-2)37-36-19(3)4)13-14-40(23)24-9-11-38(12-10-24)17-20-7-8-22(30)15-21(20)16-32/h6-8,15,23-24H,2,5,9-14,17-18H2,1,3-4H3,(H2,33,35)/b37-25+. The average molecular weight is 583 g/mol. The van der Waals surface area contributed by atoms with Gasteiger partial charge in [0.1, 0.15) is 11.4 Å². The summed E-state index contributed by atoms with van der Waals surface area (Å²) in [5, 5.41) is 18.7. The second kappa shape index (κ2) is 13.6. The van der Waals surface area contributed by atoms with Crippen LogP contribution in [0.1, 0.15) is 56.9 Å². The Kier molecular flexibility index (Phi) is 10.1. The quantitative estimate of drug-likeness (QED) is 0.338. The maximum Gasteiger partial charge on any atom is 0.172 e. The van der Waals surface area contributed by atoms with Crippen LogP contribution in [-0.2, 0) is 6.54 Å². The molecule has 11 heteroatoms. The Balaban J connectivity index is 1.40. The van der Waals surface area contributed by atoms with Crippen LogP contribution in [0.15, 0.2) is 41.1 Å². The molecule has 1 atom stereocenters. The number of nitrogen functional groups attached to an aromatic ring is 1. The van der Waals surface area contributed by atoms with Gasteiger partial charge in [0, 0.05) is 49.0 Å². The number of nitrogens with two attached hydrogens (primary N) is 1. The lowest BCUT2D eigenvalue weighted by atomic mass is 9.97. The molecule has 2 aromatic rings. The van der Waals surface area contributed by atoms with Crippen molar-refractivity contribution in [1.82, 2.24) is 19.8 Å². The third-order valence-electron chi connectivity index (χ3n) is 7.57. The van der Waals surface area contributed by atoms with Gasteiger partial charge >= 0.3 is 0 Å². The molecular formula is C29H37Cl2N9. The van der Waals surface area contributed by atoms with E-state index in [1.165, 1.54) is 0 Å². The van der Waals surface area contributed by atoms with Crippen molar-refractivity contribution >= 4 is 46.3 Å². The van der Waals surface area contributed by atoms with Crippen molar-refractivity contribution in [2.45, 2.75) is 58.7 Å². The van der Waals surface area contributed by atoms with Crippen LogP contribution in [0.5, 0.6) is 0 Å². The maximum atomic E-state index is 9.49. The van der Waals surface area contributed by atoms with Crippen LogP contribution in [0.2, 0.25) is 10.2 Å². The molecule has 2 N–H and O–H groups in total. The molecule has 0 spiro atoms. The van der Waals surface area contributed by atoms with Crippen LogP contribution in [-0.4, -0.2) is 76.0 Å². The molecular weight excluding hydrogens is 545 g/mol. The van der Waals surface area contributed by atoms with Gasteiger partial charge < -0.3 is 10.6 Å². The maximum absolute atomic E-state index is 9.49. The van der Waals surface area contributed by atoms with Crippen molar-refractivity contribution in [1.29, 1.82) is 5.26 Å². The van der Waals surface area contributed by atoms with Crippen molar-refractivity contribution in [3.8, 4) is 6.07 Å². The summed E-state index contributed by atoms with van der Waals surface area (Å²) in [5.74, 6) is 0.857. The van der Waals surface area contributed by atoms with Gasteiger partial charge in [0.15, 0.2) is 16.8 Å². The lowest BCUT2D eigenvalue weighted by Gasteiger charge is -2.47. The average Bonchev–Trinajstić information content (AvgIpc) is 2.95. The molecule has 0 bridgehead atoms. The Bertz CT molecular complexity index is 1320. The fourth-order valence-corrected chi connectivity index (χ4v) is 5.91. The number of likely N-dealkylation sites (tertiary alicyclic amines) is 1. The highest BCUT2D eigenvalue weighted by Crippen LogP contribution is 2.30. The molecule has 1 aromatic carbocycles. The number of piperazine rings is 1. The van der Waals surface area contributed by atoms with E-state index in [4.69, 9.17) is 28.9 Å². The molecule has 0 amide bonds. The minimum Gasteiger partial charge on any atom is -0.382 e. The first kappa shape index (κ1) is 29.9. The molecule has 3 heterocycles. The highest BCUT2D eigenvalue weighted by Gasteiger charge is 2.34. The topological polar surface area (TPSA) is 110 Å². The highest BCUT2D eigenvalue weighted by atomic mass is 35.5. The predicted molar refractivity (Wildman–Crippen MR) is 164 cm³/mol. The molecule has 2 aliphatic heterocycles. The van der Waals surface area contributed by atoms with Gasteiger partial charge in [-0.05, 0) is 70.0 Å². The molecule has 212 valence electrons. The van der Waals surface area contributed by atoms with Crippen molar-refractivity contribution in [2.75, 3.05) is 43.4 Å². The molecule has 40 heavy (non-hydrogen) atoms. The summed E-state index contributed by atoms with van der Waals surface area (Å²) in [6.07, 6.45) is 4.76. The number of hydrogen-bond donors (Lipinski definition) is 1. The number of nitrogens with zero attached hydrogens (tertiary/aromatic N) is 8. The minimum atomic E-state index is 0.255. The monoisotopic (exact) mass is 581 g/mol. The zero-order valence-corrected chi connectivity index (χ0v) is 25.0. The van der Waals surface area contributed by atoms with E-state index in [1.54, 1.807) is 12.1 Å². The number of piperidine rings is 1. The van der Waals surface area contributed by atoms with Gasteiger partial charge in [-0.2, -0.15) is 10.4 Å². The van der Waals surface area contributed by atoms with Crippen LogP contribution >= 0.6 is 23.2 Å². The summed E-state index contributed by atoms with van der Waals surface area (Å²) < 4.78 is 0. The molecule has 2 fully saturated rings. The van der Waals surface area contributed by atoms with Crippen molar-refractivity contribution < 1.29 is 0 Å². The first-order valence-electron chi connectivity index (χ1n) is 13.7. The van der Waals surface area contributed by atoms with Crippen LogP contribution in [0.3, 0.4) is 0 Å². The Morgan fingerprint density at radius 2 is 1.93 bits per heavy atom. The lowest BCUT2D eigenvalue weighted by Crippen LogP contribution is -2.58. The van der Waals surface area contributed by atoms with Gasteiger partial charge in [0.25, 0.3) is 0 Å². The fourth-order valence-electron chi connectivity index (χ4n) is 5.49. The number of hydrogen-bond acceptors (Lipinski definition) is 9. The zero-order valence-electron chi connectivity index (χ0n) is 23.4. The number of anilines is 2. The van der Waals surface area contributed by atoms with Crippen molar-refractivity contribution in [2.24, 2.45) is 10.2 Å².